The first kappa shape index (κ1) is 15.8. The number of nitrogens with one attached hydrogen (secondary N) is 1. The number of hydrogen-bond acceptors (Lipinski definition) is 5. The molecule has 9 heteroatoms. The number of ether oxygens (including phenoxy) is 1. The van der Waals surface area contributed by atoms with Crippen molar-refractivity contribution < 1.29 is 22.7 Å². The number of benzene rings is 1. The molecule has 0 aliphatic carbocycles. The second-order valence-electron chi connectivity index (χ2n) is 5.26. The molecule has 1 aromatic carbocycles. The average Bonchev–Trinajstić information content (AvgIpc) is 2.88. The van der Waals surface area contributed by atoms with Gasteiger partial charge in [-0.2, -0.15) is 13.2 Å². The summed E-state index contributed by atoms with van der Waals surface area (Å²) in [6.45, 7) is 0.776. The first-order valence-corrected chi connectivity index (χ1v) is 7.05. The van der Waals surface area contributed by atoms with Gasteiger partial charge in [-0.05, 0) is 12.1 Å². The molecule has 1 unspecified atom stereocenters. The quantitative estimate of drug-likeness (QED) is 0.827. The lowest BCUT2D eigenvalue weighted by molar-refractivity contribution is -0.148. The van der Waals surface area contributed by atoms with Gasteiger partial charge in [0.25, 0.3) is 0 Å². The van der Waals surface area contributed by atoms with Crippen LogP contribution in [0, 0.1) is 0 Å². The van der Waals surface area contributed by atoms with Crippen molar-refractivity contribution in [3.63, 3.8) is 0 Å². The van der Waals surface area contributed by atoms with Crippen LogP contribution in [-0.2, 0) is 22.3 Å². The van der Waals surface area contributed by atoms with E-state index >= 15 is 0 Å². The van der Waals surface area contributed by atoms with Gasteiger partial charge >= 0.3 is 6.18 Å². The minimum atomic E-state index is -4.68. The molecule has 1 aromatic heterocycles. The summed E-state index contributed by atoms with van der Waals surface area (Å²) in [6, 6.07) is 4.45. The summed E-state index contributed by atoms with van der Waals surface area (Å²) in [6.07, 6.45) is -5.44. The molecule has 1 saturated heterocycles. The molecule has 1 atom stereocenters. The van der Waals surface area contributed by atoms with Gasteiger partial charge in [-0.1, -0.05) is 6.07 Å². The number of carbonyl (C=O) groups is 1. The Hall–Kier alpha value is -2.13. The number of hydrogen-bond donors (Lipinski definition) is 2. The lowest BCUT2D eigenvalue weighted by Crippen LogP contribution is -2.44. The van der Waals surface area contributed by atoms with E-state index in [2.05, 4.69) is 10.3 Å². The van der Waals surface area contributed by atoms with Crippen LogP contribution < -0.4 is 11.1 Å². The fourth-order valence-corrected chi connectivity index (χ4v) is 2.58. The van der Waals surface area contributed by atoms with Gasteiger partial charge in [-0.3, -0.25) is 4.79 Å². The highest BCUT2D eigenvalue weighted by molar-refractivity contribution is 5.90. The SMILES string of the molecule is Nc1cccc2c1nc(C(F)(F)F)n2CC(=O)C1CNCCO1. The zero-order valence-corrected chi connectivity index (χ0v) is 12.1. The largest absolute Gasteiger partial charge is 0.449 e. The van der Waals surface area contributed by atoms with Crippen LogP contribution in [-0.4, -0.2) is 41.1 Å². The minimum Gasteiger partial charge on any atom is -0.397 e. The maximum Gasteiger partial charge on any atom is 0.449 e. The normalized spacial score (nSPS) is 19.2. The summed E-state index contributed by atoms with van der Waals surface area (Å²) >= 11 is 0. The number of halogens is 3. The first-order valence-electron chi connectivity index (χ1n) is 7.05. The molecule has 3 N–H and O–H groups in total. The predicted octanol–water partition coefficient (Wildman–Crippen LogP) is 1.19. The summed E-state index contributed by atoms with van der Waals surface area (Å²) in [5.41, 5.74) is 6.04. The topological polar surface area (TPSA) is 82.2 Å². The zero-order valence-electron chi connectivity index (χ0n) is 12.1. The number of aromatic nitrogens is 2. The van der Waals surface area contributed by atoms with E-state index in [1.54, 1.807) is 0 Å². The van der Waals surface area contributed by atoms with Crippen LogP contribution in [0.1, 0.15) is 5.82 Å². The number of nitrogen functional groups attached to an aromatic ring is 1. The number of Topliss-reactive ketones (excluding diaryl/α,β-unsaturated/α-hetero) is 1. The van der Waals surface area contributed by atoms with Crippen LogP contribution in [0.5, 0.6) is 0 Å². The zero-order chi connectivity index (χ0) is 16.6. The standard InChI is InChI=1S/C14H15F3N4O2/c15-14(16,17)13-20-12-8(18)2-1-3-9(12)21(13)7-10(22)11-6-19-4-5-23-11/h1-3,11,19H,4-7,18H2. The number of para-hydroxylation sites is 1. The number of carbonyl (C=O) groups excluding carboxylic acids is 1. The number of fused-ring (bicyclic) bond motifs is 1. The summed E-state index contributed by atoms with van der Waals surface area (Å²) in [5, 5.41) is 2.97. The Labute approximate surface area is 129 Å². The number of rotatable bonds is 3. The average molecular weight is 328 g/mol. The van der Waals surface area contributed by atoms with Crippen LogP contribution in [0.25, 0.3) is 11.0 Å². The highest BCUT2D eigenvalue weighted by Gasteiger charge is 2.38. The van der Waals surface area contributed by atoms with Gasteiger partial charge in [0.05, 0.1) is 24.4 Å². The molecule has 0 amide bonds. The van der Waals surface area contributed by atoms with E-state index < -0.39 is 30.4 Å². The predicted molar refractivity (Wildman–Crippen MR) is 76.8 cm³/mol. The summed E-state index contributed by atoms with van der Waals surface area (Å²) in [4.78, 5) is 15.8. The third kappa shape index (κ3) is 3.02. The third-order valence-electron chi connectivity index (χ3n) is 3.66. The molecule has 3 rings (SSSR count). The van der Waals surface area contributed by atoms with Crippen LogP contribution >= 0.6 is 0 Å². The molecule has 2 heterocycles. The smallest absolute Gasteiger partial charge is 0.397 e. The lowest BCUT2D eigenvalue weighted by atomic mass is 10.2. The fourth-order valence-electron chi connectivity index (χ4n) is 2.58. The van der Waals surface area contributed by atoms with Gasteiger partial charge in [0, 0.05) is 13.1 Å². The van der Waals surface area contributed by atoms with Gasteiger partial charge in [0.1, 0.15) is 11.6 Å². The molecule has 1 fully saturated rings. The fraction of sp³-hybridized carbons (Fsp3) is 0.429. The second kappa shape index (κ2) is 5.82. The minimum absolute atomic E-state index is 0.0373. The van der Waals surface area contributed by atoms with Gasteiger partial charge in [0.15, 0.2) is 5.78 Å². The van der Waals surface area contributed by atoms with Crippen molar-refractivity contribution in [1.82, 2.24) is 14.9 Å². The molecular weight excluding hydrogens is 313 g/mol. The molecular formula is C14H15F3N4O2. The molecule has 0 bridgehead atoms. The maximum atomic E-state index is 13.2. The first-order chi connectivity index (χ1) is 10.9. The molecule has 124 valence electrons. The van der Waals surface area contributed by atoms with Crippen molar-refractivity contribution in [1.29, 1.82) is 0 Å². The van der Waals surface area contributed by atoms with E-state index in [1.165, 1.54) is 18.2 Å². The van der Waals surface area contributed by atoms with Gasteiger partial charge in [0.2, 0.25) is 5.82 Å². The van der Waals surface area contributed by atoms with Crippen LogP contribution in [0.15, 0.2) is 18.2 Å². The lowest BCUT2D eigenvalue weighted by Gasteiger charge is -2.23. The van der Waals surface area contributed by atoms with Crippen LogP contribution in [0.2, 0.25) is 0 Å². The number of imidazole rings is 1. The third-order valence-corrected chi connectivity index (χ3v) is 3.66. The van der Waals surface area contributed by atoms with Crippen LogP contribution in [0.4, 0.5) is 18.9 Å². The number of alkyl halides is 3. The molecule has 0 saturated carbocycles. The number of ketones is 1. The summed E-state index contributed by atoms with van der Waals surface area (Å²) in [7, 11) is 0. The summed E-state index contributed by atoms with van der Waals surface area (Å²) < 4.78 is 45.8. The highest BCUT2D eigenvalue weighted by atomic mass is 19.4. The number of morpholine rings is 1. The van der Waals surface area contributed by atoms with Gasteiger partial charge in [-0.15, -0.1) is 0 Å². The van der Waals surface area contributed by atoms with Gasteiger partial charge in [-0.25, -0.2) is 4.98 Å². The van der Waals surface area contributed by atoms with E-state index in [4.69, 9.17) is 10.5 Å². The van der Waals surface area contributed by atoms with Crippen LogP contribution in [0.3, 0.4) is 0 Å². The molecule has 1 aliphatic heterocycles. The maximum absolute atomic E-state index is 13.2. The molecule has 2 aromatic rings. The van der Waals surface area contributed by atoms with Crippen molar-refractivity contribution in [2.45, 2.75) is 18.8 Å². The number of nitrogens with zero attached hydrogens (tertiary/aromatic N) is 2. The number of nitrogens with two attached hydrogens (primary N) is 1. The monoisotopic (exact) mass is 328 g/mol. The van der Waals surface area contributed by atoms with Crippen molar-refractivity contribution in [2.75, 3.05) is 25.4 Å². The van der Waals surface area contributed by atoms with Crippen molar-refractivity contribution in [3.05, 3.63) is 24.0 Å². The molecule has 1 aliphatic rings. The Bertz CT molecular complexity index is 735. The van der Waals surface area contributed by atoms with Crippen molar-refractivity contribution in [3.8, 4) is 0 Å². The molecule has 23 heavy (non-hydrogen) atoms. The van der Waals surface area contributed by atoms with Gasteiger partial charge < -0.3 is 20.4 Å². The van der Waals surface area contributed by atoms with E-state index in [0.717, 1.165) is 4.57 Å². The van der Waals surface area contributed by atoms with Crippen molar-refractivity contribution in [2.24, 2.45) is 0 Å². The van der Waals surface area contributed by atoms with E-state index in [0.29, 0.717) is 13.2 Å². The van der Waals surface area contributed by atoms with Crippen molar-refractivity contribution >= 4 is 22.5 Å². The Morgan fingerprint density at radius 1 is 1.48 bits per heavy atom. The summed E-state index contributed by atoms with van der Waals surface area (Å²) in [5.74, 6) is -1.58. The Kier molecular flexibility index (Phi) is 3.99. The van der Waals surface area contributed by atoms with E-state index in [-0.39, 0.29) is 23.3 Å². The molecule has 6 nitrogen and oxygen atoms in total. The highest BCUT2D eigenvalue weighted by Crippen LogP contribution is 2.33. The Morgan fingerprint density at radius 2 is 2.26 bits per heavy atom. The molecule has 0 spiro atoms. The molecule has 0 radical (unpaired) electrons. The Balaban J connectivity index is 2.01. The Morgan fingerprint density at radius 3 is 2.91 bits per heavy atom. The van der Waals surface area contributed by atoms with E-state index in [9.17, 15) is 18.0 Å². The van der Waals surface area contributed by atoms with E-state index in [1.807, 2.05) is 0 Å². The number of anilines is 1. The second-order valence-corrected chi connectivity index (χ2v) is 5.26.